The highest BCUT2D eigenvalue weighted by Crippen LogP contribution is 2.18. The molecule has 1 atom stereocenters. The molecule has 0 aliphatic carbocycles. The van der Waals surface area contributed by atoms with Crippen LogP contribution in [0.3, 0.4) is 0 Å². The topological polar surface area (TPSA) is 41.1 Å². The Morgan fingerprint density at radius 1 is 1.24 bits per heavy atom. The summed E-state index contributed by atoms with van der Waals surface area (Å²) in [5, 5.41) is 6.16. The van der Waals surface area contributed by atoms with Crippen LogP contribution in [0.1, 0.15) is 32.6 Å². The minimum atomic E-state index is -0.00377. The van der Waals surface area contributed by atoms with E-state index in [1.54, 1.807) is 11.3 Å². The third-order valence-electron chi connectivity index (χ3n) is 3.44. The number of aryl methyl sites for hydroxylation is 2. The third-order valence-corrected chi connectivity index (χ3v) is 4.46. The Bertz CT molecular complexity index is 633. The van der Waals surface area contributed by atoms with Gasteiger partial charge in [0.25, 0.3) is 5.91 Å². The highest BCUT2D eigenvalue weighted by atomic mass is 32.1. The quantitative estimate of drug-likeness (QED) is 0.883. The summed E-state index contributed by atoms with van der Waals surface area (Å²) in [4.78, 5) is 15.0. The van der Waals surface area contributed by atoms with Crippen LogP contribution in [-0.4, -0.2) is 19.0 Å². The molecular weight excluding hydrogens is 280 g/mol. The lowest BCUT2D eigenvalue weighted by Crippen LogP contribution is -2.34. The van der Waals surface area contributed by atoms with Crippen molar-refractivity contribution in [2.45, 2.75) is 33.2 Å². The third kappa shape index (κ3) is 4.08. The highest BCUT2D eigenvalue weighted by molar-refractivity contribution is 7.11. The molecule has 0 radical (unpaired) electrons. The van der Waals surface area contributed by atoms with E-state index < -0.39 is 0 Å². The van der Waals surface area contributed by atoms with Gasteiger partial charge in [-0.3, -0.25) is 4.79 Å². The highest BCUT2D eigenvalue weighted by Gasteiger charge is 2.13. The normalized spacial score (nSPS) is 12.0. The first-order chi connectivity index (χ1) is 9.99. The zero-order chi connectivity index (χ0) is 15.4. The molecule has 1 heterocycles. The molecule has 2 rings (SSSR count). The Hall–Kier alpha value is -1.81. The summed E-state index contributed by atoms with van der Waals surface area (Å²) in [6.45, 7) is 6.11. The number of hydrogen-bond acceptors (Lipinski definition) is 3. The molecular formula is C17H22N2OS. The Balaban J connectivity index is 2.00. The lowest BCUT2D eigenvalue weighted by Gasteiger charge is -2.14. The first kappa shape index (κ1) is 15.6. The van der Waals surface area contributed by atoms with Crippen LogP contribution < -0.4 is 10.6 Å². The minimum absolute atomic E-state index is 0.00377. The SMILES string of the molecule is CNc1ccc(C(=O)NC(C)Cc2ccc(C)s2)c(C)c1. The number of benzene rings is 1. The zero-order valence-corrected chi connectivity index (χ0v) is 13.8. The summed E-state index contributed by atoms with van der Waals surface area (Å²) >= 11 is 1.79. The molecule has 1 aromatic heterocycles. The Morgan fingerprint density at radius 3 is 2.57 bits per heavy atom. The molecule has 0 spiro atoms. The molecule has 0 bridgehead atoms. The second-order valence-electron chi connectivity index (χ2n) is 5.37. The van der Waals surface area contributed by atoms with Crippen molar-refractivity contribution >= 4 is 22.9 Å². The van der Waals surface area contributed by atoms with E-state index in [1.165, 1.54) is 9.75 Å². The molecule has 1 unspecified atom stereocenters. The molecule has 3 nitrogen and oxygen atoms in total. The van der Waals surface area contributed by atoms with Gasteiger partial charge < -0.3 is 10.6 Å². The van der Waals surface area contributed by atoms with Crippen LogP contribution in [-0.2, 0) is 6.42 Å². The number of rotatable bonds is 5. The molecule has 0 saturated heterocycles. The molecule has 0 fully saturated rings. The van der Waals surface area contributed by atoms with Crippen molar-refractivity contribution in [2.24, 2.45) is 0 Å². The molecule has 112 valence electrons. The van der Waals surface area contributed by atoms with Crippen molar-refractivity contribution in [1.29, 1.82) is 0 Å². The first-order valence-corrected chi connectivity index (χ1v) is 7.96. The zero-order valence-electron chi connectivity index (χ0n) is 13.0. The summed E-state index contributed by atoms with van der Waals surface area (Å²) in [6, 6.07) is 10.2. The second-order valence-corrected chi connectivity index (χ2v) is 6.74. The van der Waals surface area contributed by atoms with E-state index in [-0.39, 0.29) is 11.9 Å². The van der Waals surface area contributed by atoms with Crippen molar-refractivity contribution in [3.63, 3.8) is 0 Å². The van der Waals surface area contributed by atoms with E-state index in [0.717, 1.165) is 23.2 Å². The van der Waals surface area contributed by atoms with Crippen molar-refractivity contribution in [3.8, 4) is 0 Å². The fraction of sp³-hybridized carbons (Fsp3) is 0.353. The maximum absolute atomic E-state index is 12.3. The molecule has 1 amide bonds. The molecule has 0 aliphatic heterocycles. The average molecular weight is 302 g/mol. The number of thiophene rings is 1. The van der Waals surface area contributed by atoms with Gasteiger partial charge in [-0.05, 0) is 56.7 Å². The predicted molar refractivity (Wildman–Crippen MR) is 90.4 cm³/mol. The van der Waals surface area contributed by atoms with Gasteiger partial charge in [0, 0.05) is 40.5 Å². The minimum Gasteiger partial charge on any atom is -0.388 e. The largest absolute Gasteiger partial charge is 0.388 e. The number of nitrogens with one attached hydrogen (secondary N) is 2. The Morgan fingerprint density at radius 2 is 2.00 bits per heavy atom. The number of carbonyl (C=O) groups excluding carboxylic acids is 1. The number of anilines is 1. The lowest BCUT2D eigenvalue weighted by atomic mass is 10.1. The Kier molecular flexibility index (Phi) is 5.02. The van der Waals surface area contributed by atoms with Crippen molar-refractivity contribution in [1.82, 2.24) is 5.32 Å². The van der Waals surface area contributed by atoms with Gasteiger partial charge in [0.05, 0.1) is 0 Å². The molecule has 4 heteroatoms. The van der Waals surface area contributed by atoms with Gasteiger partial charge in [-0.25, -0.2) is 0 Å². The lowest BCUT2D eigenvalue weighted by molar-refractivity contribution is 0.0939. The van der Waals surface area contributed by atoms with Crippen LogP contribution in [0.15, 0.2) is 30.3 Å². The molecule has 1 aromatic carbocycles. The first-order valence-electron chi connectivity index (χ1n) is 7.14. The summed E-state index contributed by atoms with van der Waals surface area (Å²) in [6.07, 6.45) is 0.873. The molecule has 2 aromatic rings. The van der Waals surface area contributed by atoms with E-state index in [9.17, 15) is 4.79 Å². The summed E-state index contributed by atoms with van der Waals surface area (Å²) in [5.41, 5.74) is 2.74. The van der Waals surface area contributed by atoms with Crippen LogP contribution >= 0.6 is 11.3 Å². The smallest absolute Gasteiger partial charge is 0.251 e. The van der Waals surface area contributed by atoms with Crippen LogP contribution in [0.4, 0.5) is 5.69 Å². The summed E-state index contributed by atoms with van der Waals surface area (Å²) < 4.78 is 0. The molecule has 0 saturated carbocycles. The van der Waals surface area contributed by atoms with Gasteiger partial charge in [0.15, 0.2) is 0 Å². The standard InChI is InChI=1S/C17H22N2OS/c1-11-9-14(18-4)6-8-16(11)17(20)19-12(2)10-15-7-5-13(3)21-15/h5-9,12,18H,10H2,1-4H3,(H,19,20). The van der Waals surface area contributed by atoms with E-state index in [0.29, 0.717) is 0 Å². The van der Waals surface area contributed by atoms with Gasteiger partial charge in [0.1, 0.15) is 0 Å². The van der Waals surface area contributed by atoms with Gasteiger partial charge >= 0.3 is 0 Å². The molecule has 0 aliphatic rings. The van der Waals surface area contributed by atoms with E-state index in [4.69, 9.17) is 0 Å². The molecule has 21 heavy (non-hydrogen) atoms. The van der Waals surface area contributed by atoms with Crippen molar-refractivity contribution in [2.75, 3.05) is 12.4 Å². The van der Waals surface area contributed by atoms with Crippen LogP contribution in [0.5, 0.6) is 0 Å². The summed E-state index contributed by atoms with van der Waals surface area (Å²) in [5.74, 6) is -0.00377. The predicted octanol–water partition coefficient (Wildman–Crippen LogP) is 3.77. The maximum atomic E-state index is 12.3. The van der Waals surface area contributed by atoms with E-state index in [2.05, 4.69) is 29.7 Å². The van der Waals surface area contributed by atoms with Crippen molar-refractivity contribution < 1.29 is 4.79 Å². The van der Waals surface area contributed by atoms with Gasteiger partial charge in [0.2, 0.25) is 0 Å². The van der Waals surface area contributed by atoms with Gasteiger partial charge in [-0.2, -0.15) is 0 Å². The monoisotopic (exact) mass is 302 g/mol. The van der Waals surface area contributed by atoms with Crippen LogP contribution in [0.25, 0.3) is 0 Å². The van der Waals surface area contributed by atoms with Gasteiger partial charge in [-0.1, -0.05) is 0 Å². The van der Waals surface area contributed by atoms with Crippen LogP contribution in [0, 0.1) is 13.8 Å². The van der Waals surface area contributed by atoms with Crippen LogP contribution in [0.2, 0.25) is 0 Å². The second kappa shape index (κ2) is 6.76. The van der Waals surface area contributed by atoms with Gasteiger partial charge in [-0.15, -0.1) is 11.3 Å². The Labute approximate surface area is 130 Å². The average Bonchev–Trinajstić information content (AvgIpc) is 2.83. The fourth-order valence-electron chi connectivity index (χ4n) is 2.32. The number of carbonyl (C=O) groups is 1. The van der Waals surface area contributed by atoms with Crippen molar-refractivity contribution in [3.05, 3.63) is 51.2 Å². The maximum Gasteiger partial charge on any atom is 0.251 e. The number of hydrogen-bond donors (Lipinski definition) is 2. The fourth-order valence-corrected chi connectivity index (χ4v) is 3.34. The number of amides is 1. The summed E-state index contributed by atoms with van der Waals surface area (Å²) in [7, 11) is 1.87. The molecule has 2 N–H and O–H groups in total. The van der Waals surface area contributed by atoms with E-state index >= 15 is 0 Å². The van der Waals surface area contributed by atoms with E-state index in [1.807, 2.05) is 39.1 Å².